The van der Waals surface area contributed by atoms with Gasteiger partial charge in [0.25, 0.3) is 0 Å². The van der Waals surface area contributed by atoms with Crippen molar-refractivity contribution in [2.75, 3.05) is 18.0 Å². The fourth-order valence-corrected chi connectivity index (χ4v) is 2.48. The first-order valence-electron chi connectivity index (χ1n) is 8.06. The minimum Gasteiger partial charge on any atom is -0.370 e. The number of halogens is 1. The monoisotopic (exact) mass is 338 g/mol. The molecular formula is C17H27ClN4O. The highest BCUT2D eigenvalue weighted by Gasteiger charge is 2.20. The smallest absolute Gasteiger partial charge is 0.328 e. The molecule has 6 heteroatoms. The molecule has 0 aliphatic heterocycles. The standard InChI is InChI=1S/C17H27ClN4O/c1-5-10-22(15-13(6-2)8-7-9-14(15)18)17(23)21-16(19)20-11-12(3)4/h7-9,12H,5-6,10-11H2,1-4H3,(H3,19,20,21,23). The molecule has 0 saturated carbocycles. The molecule has 3 N–H and O–H groups in total. The lowest BCUT2D eigenvalue weighted by Crippen LogP contribution is -2.47. The van der Waals surface area contributed by atoms with Crippen LogP contribution in [0.4, 0.5) is 10.5 Å². The van der Waals surface area contributed by atoms with Gasteiger partial charge in [-0.1, -0.05) is 51.4 Å². The van der Waals surface area contributed by atoms with Crippen molar-refractivity contribution in [2.45, 2.75) is 40.5 Å². The quantitative estimate of drug-likeness (QED) is 0.611. The Labute approximate surface area is 143 Å². The number of rotatable bonds is 6. The topological polar surface area (TPSA) is 70.7 Å². The number of hydrogen-bond donors (Lipinski definition) is 2. The van der Waals surface area contributed by atoms with Crippen molar-refractivity contribution in [3.8, 4) is 0 Å². The van der Waals surface area contributed by atoms with Crippen LogP contribution in [0.5, 0.6) is 0 Å². The van der Waals surface area contributed by atoms with Crippen LogP contribution in [0.1, 0.15) is 39.7 Å². The molecule has 0 unspecified atom stereocenters. The maximum atomic E-state index is 12.6. The van der Waals surface area contributed by atoms with E-state index in [0.717, 1.165) is 24.1 Å². The highest BCUT2D eigenvalue weighted by Crippen LogP contribution is 2.30. The van der Waals surface area contributed by atoms with E-state index in [1.165, 1.54) is 0 Å². The van der Waals surface area contributed by atoms with Gasteiger partial charge in [0, 0.05) is 13.1 Å². The summed E-state index contributed by atoms with van der Waals surface area (Å²) in [6, 6.07) is 5.36. The third-order valence-corrected chi connectivity index (χ3v) is 3.58. The molecule has 0 heterocycles. The number of aliphatic imine (C=N–C) groups is 1. The van der Waals surface area contributed by atoms with Gasteiger partial charge in [0.1, 0.15) is 0 Å². The predicted octanol–water partition coefficient (Wildman–Crippen LogP) is 3.80. The number of carbonyl (C=O) groups excluding carboxylic acids is 1. The molecule has 0 aliphatic rings. The van der Waals surface area contributed by atoms with Gasteiger partial charge in [-0.05, 0) is 30.4 Å². The van der Waals surface area contributed by atoms with Gasteiger partial charge in [0.2, 0.25) is 0 Å². The lowest BCUT2D eigenvalue weighted by Gasteiger charge is -2.26. The number of guanidine groups is 1. The number of para-hydroxylation sites is 1. The molecule has 1 aromatic rings. The minimum absolute atomic E-state index is 0.134. The van der Waals surface area contributed by atoms with Crippen LogP contribution in [0, 0.1) is 5.92 Å². The first-order valence-corrected chi connectivity index (χ1v) is 8.44. The summed E-state index contributed by atoms with van der Waals surface area (Å²) in [5.41, 5.74) is 7.57. The summed E-state index contributed by atoms with van der Waals surface area (Å²) in [7, 11) is 0. The normalized spacial score (nSPS) is 11.7. The molecule has 0 radical (unpaired) electrons. The summed E-state index contributed by atoms with van der Waals surface area (Å²) >= 11 is 6.34. The van der Waals surface area contributed by atoms with E-state index in [1.54, 1.807) is 11.0 Å². The Hall–Kier alpha value is -1.75. The summed E-state index contributed by atoms with van der Waals surface area (Å²) in [5.74, 6) is 0.516. The Kier molecular flexibility index (Phi) is 7.89. The summed E-state index contributed by atoms with van der Waals surface area (Å²) in [6.07, 6.45) is 1.60. The number of hydrogen-bond acceptors (Lipinski definition) is 2. The van der Waals surface area contributed by atoms with Crippen molar-refractivity contribution in [3.05, 3.63) is 28.8 Å². The van der Waals surface area contributed by atoms with E-state index < -0.39 is 0 Å². The van der Waals surface area contributed by atoms with Crippen LogP contribution in [-0.2, 0) is 6.42 Å². The second kappa shape index (κ2) is 9.40. The molecule has 1 rings (SSSR count). The second-order valence-electron chi connectivity index (χ2n) is 5.80. The van der Waals surface area contributed by atoms with E-state index in [0.29, 0.717) is 24.0 Å². The lowest BCUT2D eigenvalue weighted by atomic mass is 10.1. The number of amides is 2. The van der Waals surface area contributed by atoms with Crippen LogP contribution in [0.15, 0.2) is 23.2 Å². The van der Waals surface area contributed by atoms with E-state index in [1.807, 2.05) is 39.8 Å². The second-order valence-corrected chi connectivity index (χ2v) is 6.21. The highest BCUT2D eigenvalue weighted by atomic mass is 35.5. The molecule has 0 aromatic heterocycles. The molecular weight excluding hydrogens is 312 g/mol. The predicted molar refractivity (Wildman–Crippen MR) is 98.3 cm³/mol. The Morgan fingerprint density at radius 3 is 2.65 bits per heavy atom. The molecule has 0 spiro atoms. The first-order chi connectivity index (χ1) is 10.9. The summed E-state index contributed by atoms with van der Waals surface area (Å²) in [5, 5.41) is 3.21. The molecule has 1 aromatic carbocycles. The van der Waals surface area contributed by atoms with E-state index in [-0.39, 0.29) is 12.0 Å². The SMILES string of the molecule is CCCN(C(=O)NC(N)=NCC(C)C)c1c(Cl)cccc1CC. The summed E-state index contributed by atoms with van der Waals surface area (Å²) < 4.78 is 0. The van der Waals surface area contributed by atoms with Gasteiger partial charge in [-0.15, -0.1) is 0 Å². The third-order valence-electron chi connectivity index (χ3n) is 3.28. The Balaban J connectivity index is 3.03. The summed E-state index contributed by atoms with van der Waals surface area (Å²) in [6.45, 7) is 9.26. The maximum Gasteiger partial charge on any atom is 0.328 e. The minimum atomic E-state index is -0.306. The number of benzene rings is 1. The number of nitrogens with one attached hydrogen (secondary N) is 1. The maximum absolute atomic E-state index is 12.6. The first kappa shape index (κ1) is 19.3. The van der Waals surface area contributed by atoms with Crippen LogP contribution < -0.4 is 16.0 Å². The summed E-state index contributed by atoms with van der Waals surface area (Å²) in [4.78, 5) is 18.4. The van der Waals surface area contributed by atoms with Crippen molar-refractivity contribution in [1.29, 1.82) is 0 Å². The molecule has 0 bridgehead atoms. The fraction of sp³-hybridized carbons (Fsp3) is 0.529. The molecule has 0 aliphatic carbocycles. The third kappa shape index (κ3) is 5.75. The van der Waals surface area contributed by atoms with Gasteiger partial charge in [0.05, 0.1) is 10.7 Å². The van der Waals surface area contributed by atoms with Crippen LogP contribution in [0.3, 0.4) is 0 Å². The van der Waals surface area contributed by atoms with Crippen LogP contribution in [-0.4, -0.2) is 25.1 Å². The van der Waals surface area contributed by atoms with Crippen molar-refractivity contribution in [1.82, 2.24) is 5.32 Å². The molecule has 0 fully saturated rings. The Bertz CT molecular complexity index is 558. The number of anilines is 1. The zero-order chi connectivity index (χ0) is 17.4. The molecule has 0 atom stereocenters. The van der Waals surface area contributed by atoms with Gasteiger partial charge < -0.3 is 5.73 Å². The van der Waals surface area contributed by atoms with E-state index in [9.17, 15) is 4.79 Å². The van der Waals surface area contributed by atoms with Crippen molar-refractivity contribution >= 4 is 29.3 Å². The Morgan fingerprint density at radius 2 is 2.09 bits per heavy atom. The van der Waals surface area contributed by atoms with Gasteiger partial charge in [-0.2, -0.15) is 0 Å². The van der Waals surface area contributed by atoms with Crippen molar-refractivity contribution < 1.29 is 4.79 Å². The van der Waals surface area contributed by atoms with Gasteiger partial charge >= 0.3 is 6.03 Å². The number of urea groups is 1. The van der Waals surface area contributed by atoms with Crippen molar-refractivity contribution in [2.24, 2.45) is 16.6 Å². The van der Waals surface area contributed by atoms with Crippen LogP contribution in [0.2, 0.25) is 5.02 Å². The van der Waals surface area contributed by atoms with E-state index in [2.05, 4.69) is 10.3 Å². The van der Waals surface area contributed by atoms with Gasteiger partial charge in [-0.25, -0.2) is 4.79 Å². The van der Waals surface area contributed by atoms with Crippen LogP contribution in [0.25, 0.3) is 0 Å². The van der Waals surface area contributed by atoms with Crippen LogP contribution >= 0.6 is 11.6 Å². The average molecular weight is 339 g/mol. The van der Waals surface area contributed by atoms with Gasteiger partial charge in [0.15, 0.2) is 5.96 Å². The number of nitrogens with zero attached hydrogens (tertiary/aromatic N) is 2. The molecule has 128 valence electrons. The number of carbonyl (C=O) groups is 1. The zero-order valence-electron chi connectivity index (χ0n) is 14.4. The lowest BCUT2D eigenvalue weighted by molar-refractivity contribution is 0.250. The largest absolute Gasteiger partial charge is 0.370 e. The number of nitrogens with two attached hydrogens (primary N) is 1. The average Bonchev–Trinajstić information content (AvgIpc) is 2.50. The van der Waals surface area contributed by atoms with Gasteiger partial charge in [-0.3, -0.25) is 15.2 Å². The number of aryl methyl sites for hydroxylation is 1. The highest BCUT2D eigenvalue weighted by molar-refractivity contribution is 6.34. The van der Waals surface area contributed by atoms with E-state index >= 15 is 0 Å². The van der Waals surface area contributed by atoms with Crippen molar-refractivity contribution in [3.63, 3.8) is 0 Å². The molecule has 2 amide bonds. The Morgan fingerprint density at radius 1 is 1.39 bits per heavy atom. The fourth-order valence-electron chi connectivity index (χ4n) is 2.18. The van der Waals surface area contributed by atoms with E-state index in [4.69, 9.17) is 17.3 Å². The molecule has 5 nitrogen and oxygen atoms in total. The molecule has 23 heavy (non-hydrogen) atoms. The molecule has 0 saturated heterocycles. The zero-order valence-corrected chi connectivity index (χ0v) is 15.2.